The van der Waals surface area contributed by atoms with E-state index in [1.54, 1.807) is 20.4 Å². The Morgan fingerprint density at radius 1 is 0.725 bits per heavy atom. The predicted molar refractivity (Wildman–Crippen MR) is 155 cm³/mol. The van der Waals surface area contributed by atoms with E-state index in [-0.39, 0.29) is 0 Å². The Hall–Kier alpha value is -4.47. The molecule has 0 atom stereocenters. The van der Waals surface area contributed by atoms with E-state index in [1.165, 1.54) is 6.33 Å². The number of para-hydroxylation sites is 1. The summed E-state index contributed by atoms with van der Waals surface area (Å²) in [5.74, 6) is 3.33. The number of methoxy groups -OCH3 is 2. The van der Waals surface area contributed by atoms with Gasteiger partial charge in [0.1, 0.15) is 36.6 Å². The van der Waals surface area contributed by atoms with Gasteiger partial charge in [-0.2, -0.15) is 0 Å². The van der Waals surface area contributed by atoms with Gasteiger partial charge in [0.2, 0.25) is 0 Å². The highest BCUT2D eigenvalue weighted by Crippen LogP contribution is 2.37. The Bertz CT molecular complexity index is 1600. The average Bonchev–Trinajstić information content (AvgIpc) is 2.96. The maximum absolute atomic E-state index is 6.38. The number of hydrogen-bond donors (Lipinski definition) is 1. The molecule has 0 spiro atoms. The maximum Gasteiger partial charge on any atom is 0.163 e. The standard InChI is InChI=1S/C31H32N4O5/c1-20-15-23(16-21(2)30(20)40-26-9-5-7-22-8-6-10-32-29(22)26)35-31-24-17-27(38-13-11-36-3)28(39-14-12-37-4)18-25(24)33-19-34-31/h5-10,15-19H,11-14H2,1-4H3,(H,33,34,35). The van der Waals surface area contributed by atoms with Gasteiger partial charge >= 0.3 is 0 Å². The second-order valence-electron chi connectivity index (χ2n) is 9.22. The van der Waals surface area contributed by atoms with Crippen LogP contribution in [0.2, 0.25) is 0 Å². The largest absolute Gasteiger partial charge is 0.487 e. The van der Waals surface area contributed by atoms with Crippen LogP contribution in [0.1, 0.15) is 11.1 Å². The lowest BCUT2D eigenvalue weighted by molar-refractivity contribution is 0.132. The van der Waals surface area contributed by atoms with Gasteiger partial charge in [0.15, 0.2) is 17.2 Å². The van der Waals surface area contributed by atoms with Crippen LogP contribution in [0.5, 0.6) is 23.0 Å². The molecule has 0 aliphatic heterocycles. The van der Waals surface area contributed by atoms with Crippen LogP contribution in [0.25, 0.3) is 21.8 Å². The minimum Gasteiger partial charge on any atom is -0.487 e. The first-order valence-electron chi connectivity index (χ1n) is 13.0. The fourth-order valence-electron chi connectivity index (χ4n) is 4.45. The van der Waals surface area contributed by atoms with Crippen LogP contribution in [0, 0.1) is 13.8 Å². The Morgan fingerprint density at radius 2 is 1.43 bits per heavy atom. The van der Waals surface area contributed by atoms with Crippen molar-refractivity contribution in [1.29, 1.82) is 0 Å². The molecule has 0 unspecified atom stereocenters. The first-order valence-corrected chi connectivity index (χ1v) is 13.0. The van der Waals surface area contributed by atoms with Gasteiger partial charge in [-0.15, -0.1) is 0 Å². The number of fused-ring (bicyclic) bond motifs is 2. The molecule has 0 saturated heterocycles. The second kappa shape index (κ2) is 12.6. The van der Waals surface area contributed by atoms with Gasteiger partial charge in [-0.1, -0.05) is 18.2 Å². The van der Waals surface area contributed by atoms with Crippen molar-refractivity contribution in [2.45, 2.75) is 13.8 Å². The summed E-state index contributed by atoms with van der Waals surface area (Å²) < 4.78 is 28.5. The van der Waals surface area contributed by atoms with Crippen molar-refractivity contribution < 1.29 is 23.7 Å². The molecule has 5 rings (SSSR count). The molecule has 206 valence electrons. The van der Waals surface area contributed by atoms with Crippen molar-refractivity contribution in [3.63, 3.8) is 0 Å². The van der Waals surface area contributed by atoms with Crippen LogP contribution in [-0.4, -0.2) is 55.6 Å². The van der Waals surface area contributed by atoms with Crippen molar-refractivity contribution in [2.24, 2.45) is 0 Å². The molecule has 9 nitrogen and oxygen atoms in total. The quantitative estimate of drug-likeness (QED) is 0.181. The topological polar surface area (TPSA) is 96.9 Å². The zero-order valence-corrected chi connectivity index (χ0v) is 23.1. The van der Waals surface area contributed by atoms with Gasteiger partial charge < -0.3 is 29.0 Å². The van der Waals surface area contributed by atoms with Crippen LogP contribution >= 0.6 is 0 Å². The average molecular weight is 541 g/mol. The number of rotatable bonds is 12. The number of nitrogens with zero attached hydrogens (tertiary/aromatic N) is 3. The molecule has 0 fully saturated rings. The van der Waals surface area contributed by atoms with Crippen molar-refractivity contribution in [1.82, 2.24) is 15.0 Å². The molecular weight excluding hydrogens is 508 g/mol. The van der Waals surface area contributed by atoms with Crippen LogP contribution in [0.3, 0.4) is 0 Å². The van der Waals surface area contributed by atoms with Crippen LogP contribution in [-0.2, 0) is 9.47 Å². The number of benzene rings is 3. The zero-order valence-electron chi connectivity index (χ0n) is 23.1. The van der Waals surface area contributed by atoms with Crippen molar-refractivity contribution in [2.75, 3.05) is 46.0 Å². The number of hydrogen-bond acceptors (Lipinski definition) is 9. The number of aromatic nitrogens is 3. The van der Waals surface area contributed by atoms with E-state index < -0.39 is 0 Å². The summed E-state index contributed by atoms with van der Waals surface area (Å²) in [5, 5.41) is 5.28. The summed E-state index contributed by atoms with van der Waals surface area (Å²) in [6, 6.07) is 17.7. The number of pyridine rings is 1. The second-order valence-corrected chi connectivity index (χ2v) is 9.22. The first-order chi connectivity index (χ1) is 19.6. The summed E-state index contributed by atoms with van der Waals surface area (Å²) in [7, 11) is 3.27. The fourth-order valence-corrected chi connectivity index (χ4v) is 4.45. The number of aryl methyl sites for hydroxylation is 2. The SMILES string of the molecule is COCCOc1cc2ncnc(Nc3cc(C)c(Oc4cccc5cccnc45)c(C)c3)c2cc1OCCOC. The maximum atomic E-state index is 6.38. The molecule has 5 aromatic rings. The summed E-state index contributed by atoms with van der Waals surface area (Å²) in [5.41, 5.74) is 4.38. The third-order valence-corrected chi connectivity index (χ3v) is 6.32. The highest BCUT2D eigenvalue weighted by molar-refractivity contribution is 5.93. The van der Waals surface area contributed by atoms with Crippen LogP contribution in [0.15, 0.2) is 67.1 Å². The lowest BCUT2D eigenvalue weighted by Crippen LogP contribution is -2.09. The summed E-state index contributed by atoms with van der Waals surface area (Å²) in [4.78, 5) is 13.5. The van der Waals surface area contributed by atoms with Gasteiger partial charge in [-0.25, -0.2) is 9.97 Å². The predicted octanol–water partition coefficient (Wildman–Crippen LogP) is 6.38. The van der Waals surface area contributed by atoms with Gasteiger partial charge in [0.25, 0.3) is 0 Å². The van der Waals surface area contributed by atoms with Gasteiger partial charge in [-0.05, 0) is 55.3 Å². The molecule has 40 heavy (non-hydrogen) atoms. The van der Waals surface area contributed by atoms with Crippen molar-refractivity contribution in [3.8, 4) is 23.0 Å². The Labute approximate surface area is 233 Å². The molecule has 0 bridgehead atoms. The van der Waals surface area contributed by atoms with E-state index >= 15 is 0 Å². The van der Waals surface area contributed by atoms with Crippen LogP contribution in [0.4, 0.5) is 11.5 Å². The zero-order chi connectivity index (χ0) is 27.9. The highest BCUT2D eigenvalue weighted by atomic mass is 16.5. The summed E-state index contributed by atoms with van der Waals surface area (Å²) >= 11 is 0. The normalized spacial score (nSPS) is 11.1. The molecule has 9 heteroatoms. The minimum atomic E-state index is 0.380. The fraction of sp³-hybridized carbons (Fsp3) is 0.258. The monoisotopic (exact) mass is 540 g/mol. The highest BCUT2D eigenvalue weighted by Gasteiger charge is 2.15. The van der Waals surface area contributed by atoms with Crippen molar-refractivity contribution >= 4 is 33.3 Å². The Kier molecular flexibility index (Phi) is 8.53. The van der Waals surface area contributed by atoms with E-state index in [2.05, 4.69) is 20.3 Å². The van der Waals surface area contributed by atoms with E-state index in [1.807, 2.05) is 68.4 Å². The minimum absolute atomic E-state index is 0.380. The first kappa shape index (κ1) is 27.1. The van der Waals surface area contributed by atoms with E-state index in [0.717, 1.165) is 50.1 Å². The van der Waals surface area contributed by atoms with E-state index in [9.17, 15) is 0 Å². The molecular formula is C31H32N4O5. The summed E-state index contributed by atoms with van der Waals surface area (Å²) in [6.07, 6.45) is 3.30. The molecule has 3 aromatic carbocycles. The molecule has 0 radical (unpaired) electrons. The smallest absolute Gasteiger partial charge is 0.163 e. The van der Waals surface area contributed by atoms with Gasteiger partial charge in [0, 0.05) is 42.9 Å². The third-order valence-electron chi connectivity index (χ3n) is 6.32. The molecule has 0 aliphatic rings. The Morgan fingerprint density at radius 3 is 2.15 bits per heavy atom. The van der Waals surface area contributed by atoms with Crippen LogP contribution < -0.4 is 19.5 Å². The molecule has 2 aromatic heterocycles. The lowest BCUT2D eigenvalue weighted by atomic mass is 10.1. The molecule has 1 N–H and O–H groups in total. The molecule has 2 heterocycles. The molecule has 0 aliphatic carbocycles. The number of anilines is 2. The van der Waals surface area contributed by atoms with E-state index in [4.69, 9.17) is 23.7 Å². The Balaban J connectivity index is 1.44. The van der Waals surface area contributed by atoms with Gasteiger partial charge in [-0.3, -0.25) is 4.98 Å². The number of ether oxygens (including phenoxy) is 5. The molecule has 0 saturated carbocycles. The number of nitrogens with one attached hydrogen (secondary N) is 1. The summed E-state index contributed by atoms with van der Waals surface area (Å²) in [6.45, 7) is 5.73. The van der Waals surface area contributed by atoms with Gasteiger partial charge in [0.05, 0.1) is 18.7 Å². The lowest BCUT2D eigenvalue weighted by Gasteiger charge is -2.17. The van der Waals surface area contributed by atoms with E-state index in [0.29, 0.717) is 43.7 Å². The third kappa shape index (κ3) is 6.06. The molecule has 0 amide bonds. The van der Waals surface area contributed by atoms with Crippen molar-refractivity contribution in [3.05, 3.63) is 78.2 Å².